The second kappa shape index (κ2) is 9.89. The largest absolute Gasteiger partial charge is 0.491 e. The van der Waals surface area contributed by atoms with Crippen molar-refractivity contribution in [3.05, 3.63) is 60.8 Å². The Balaban J connectivity index is 1.25. The van der Waals surface area contributed by atoms with Gasteiger partial charge in [0.25, 0.3) is 5.92 Å². The molecule has 33 heavy (non-hydrogen) atoms. The summed E-state index contributed by atoms with van der Waals surface area (Å²) >= 11 is 0. The van der Waals surface area contributed by atoms with Crippen molar-refractivity contribution in [2.75, 3.05) is 24.6 Å². The third-order valence-electron chi connectivity index (χ3n) is 6.36. The monoisotopic (exact) mass is 456 g/mol. The van der Waals surface area contributed by atoms with Gasteiger partial charge in [-0.25, -0.2) is 13.8 Å². The number of ketones is 1. The Labute approximate surface area is 193 Å². The summed E-state index contributed by atoms with van der Waals surface area (Å²) in [5.74, 6) is -1.07. The van der Waals surface area contributed by atoms with Crippen LogP contribution >= 0.6 is 0 Å². The highest BCUT2D eigenvalue weighted by Gasteiger charge is 2.57. The summed E-state index contributed by atoms with van der Waals surface area (Å²) in [7, 11) is 0. The van der Waals surface area contributed by atoms with Crippen molar-refractivity contribution in [2.45, 2.75) is 50.6 Å². The first kappa shape index (κ1) is 23.2. The van der Waals surface area contributed by atoms with Crippen LogP contribution in [0.1, 0.15) is 44.1 Å². The average molecular weight is 457 g/mol. The van der Waals surface area contributed by atoms with Gasteiger partial charge in [-0.05, 0) is 36.2 Å². The summed E-state index contributed by atoms with van der Waals surface area (Å²) in [5.41, 5.74) is 0.987. The van der Waals surface area contributed by atoms with Gasteiger partial charge < -0.3 is 14.4 Å². The molecule has 1 saturated carbocycles. The molecule has 0 radical (unpaired) electrons. The van der Waals surface area contributed by atoms with Crippen LogP contribution in [0, 0.1) is 5.92 Å². The zero-order chi connectivity index (χ0) is 23.4. The van der Waals surface area contributed by atoms with Crippen molar-refractivity contribution in [3.63, 3.8) is 0 Å². The number of alkyl halides is 2. The number of hydrogen-bond donors (Lipinski definition) is 0. The molecule has 1 aromatic carbocycles. The highest BCUT2D eigenvalue weighted by atomic mass is 19.3. The zero-order valence-corrected chi connectivity index (χ0v) is 18.9. The van der Waals surface area contributed by atoms with Gasteiger partial charge in [-0.2, -0.15) is 0 Å². The molecule has 0 N–H and O–H groups in total. The maximum Gasteiger partial charge on any atom is 0.255 e. The van der Waals surface area contributed by atoms with Crippen LogP contribution in [0.15, 0.2) is 55.3 Å². The molecule has 1 aliphatic heterocycles. The van der Waals surface area contributed by atoms with Crippen molar-refractivity contribution in [3.8, 4) is 11.5 Å². The fourth-order valence-corrected chi connectivity index (χ4v) is 4.00. The Morgan fingerprint density at radius 1 is 1.27 bits per heavy atom. The van der Waals surface area contributed by atoms with Crippen LogP contribution in [0.4, 0.5) is 14.6 Å². The van der Waals surface area contributed by atoms with Gasteiger partial charge in [-0.15, -0.1) is 6.58 Å². The van der Waals surface area contributed by atoms with Crippen molar-refractivity contribution < 1.29 is 23.0 Å². The average Bonchev–Trinajstić information content (AvgIpc) is 3.19. The molecule has 1 aliphatic carbocycles. The van der Waals surface area contributed by atoms with Crippen molar-refractivity contribution in [2.24, 2.45) is 5.92 Å². The molecule has 3 atom stereocenters. The molecule has 0 amide bonds. The second-order valence-corrected chi connectivity index (χ2v) is 8.88. The standard InChI is InChI=1S/C26H30F2N2O3/c1-3-4-5-24(31)18(2)19-6-8-21(9-7-19)33-23-12-13-30(16-23)25-11-10-22(15-29-25)32-17-20-14-26(20,27)28/h3,6-11,15,18,20,23H,1,4-5,12-14,16-17H2,2H3. The van der Waals surface area contributed by atoms with E-state index in [-0.39, 0.29) is 30.8 Å². The predicted molar refractivity (Wildman–Crippen MR) is 123 cm³/mol. The molecule has 2 aromatic rings. The molecule has 0 bridgehead atoms. The number of ether oxygens (including phenoxy) is 2. The summed E-state index contributed by atoms with van der Waals surface area (Å²) in [6, 6.07) is 11.4. The van der Waals surface area contributed by atoms with Crippen LogP contribution in [0.25, 0.3) is 0 Å². The summed E-state index contributed by atoms with van der Waals surface area (Å²) in [6.07, 6.45) is 5.38. The van der Waals surface area contributed by atoms with E-state index in [9.17, 15) is 13.6 Å². The minimum atomic E-state index is -2.57. The Hall–Kier alpha value is -2.96. The number of carbonyl (C=O) groups is 1. The molecule has 3 unspecified atom stereocenters. The Kier molecular flexibility index (Phi) is 6.96. The van der Waals surface area contributed by atoms with E-state index in [0.717, 1.165) is 30.1 Å². The number of hydrogen-bond acceptors (Lipinski definition) is 5. The molecule has 1 aromatic heterocycles. The van der Waals surface area contributed by atoms with Crippen molar-refractivity contribution in [1.82, 2.24) is 4.98 Å². The molecule has 2 fully saturated rings. The molecule has 7 heteroatoms. The van der Waals surface area contributed by atoms with Crippen LogP contribution in [0.3, 0.4) is 0 Å². The number of aromatic nitrogens is 1. The summed E-state index contributed by atoms with van der Waals surface area (Å²) in [4.78, 5) is 18.8. The lowest BCUT2D eigenvalue weighted by Crippen LogP contribution is -2.25. The first-order valence-corrected chi connectivity index (χ1v) is 11.5. The SMILES string of the molecule is C=CCCC(=O)C(C)c1ccc(OC2CCN(c3ccc(OCC4CC4(F)F)cn3)C2)cc1. The maximum atomic E-state index is 13.0. The predicted octanol–water partition coefficient (Wildman–Crippen LogP) is 5.41. The molecule has 1 saturated heterocycles. The fraction of sp³-hybridized carbons (Fsp3) is 0.462. The summed E-state index contributed by atoms with van der Waals surface area (Å²) < 4.78 is 37.5. The number of nitrogens with zero attached hydrogens (tertiary/aromatic N) is 2. The van der Waals surface area contributed by atoms with Gasteiger partial charge in [-0.1, -0.05) is 25.1 Å². The van der Waals surface area contributed by atoms with E-state index < -0.39 is 11.8 Å². The van der Waals surface area contributed by atoms with E-state index in [4.69, 9.17) is 9.47 Å². The number of allylic oxidation sites excluding steroid dienone is 1. The molecule has 2 aliphatic rings. The van der Waals surface area contributed by atoms with E-state index in [0.29, 0.717) is 25.1 Å². The van der Waals surface area contributed by atoms with Gasteiger partial charge >= 0.3 is 0 Å². The van der Waals surface area contributed by atoms with Crippen LogP contribution in [0.5, 0.6) is 11.5 Å². The van der Waals surface area contributed by atoms with Gasteiger partial charge in [0.1, 0.15) is 29.2 Å². The van der Waals surface area contributed by atoms with E-state index in [2.05, 4.69) is 16.5 Å². The Morgan fingerprint density at radius 3 is 2.64 bits per heavy atom. The minimum Gasteiger partial charge on any atom is -0.491 e. The Morgan fingerprint density at radius 2 is 2.00 bits per heavy atom. The molecule has 4 rings (SSSR count). The lowest BCUT2D eigenvalue weighted by atomic mass is 9.94. The van der Waals surface area contributed by atoms with E-state index in [1.807, 2.05) is 37.3 Å². The lowest BCUT2D eigenvalue weighted by Gasteiger charge is -2.19. The number of carbonyl (C=O) groups excluding carboxylic acids is 1. The van der Waals surface area contributed by atoms with Gasteiger partial charge in [0.05, 0.1) is 25.3 Å². The highest BCUT2D eigenvalue weighted by molar-refractivity contribution is 5.85. The number of pyridine rings is 1. The molecule has 176 valence electrons. The number of rotatable bonds is 11. The Bertz CT molecular complexity index is 963. The van der Waals surface area contributed by atoms with Gasteiger partial charge in [-0.3, -0.25) is 4.79 Å². The first-order chi connectivity index (χ1) is 15.9. The number of anilines is 1. The van der Waals surface area contributed by atoms with Crippen molar-refractivity contribution >= 4 is 11.6 Å². The number of Topliss-reactive ketones (excluding diaryl/α,β-unsaturated/α-hetero) is 1. The molecule has 2 heterocycles. The van der Waals surface area contributed by atoms with E-state index in [1.165, 1.54) is 0 Å². The third kappa shape index (κ3) is 5.89. The van der Waals surface area contributed by atoms with E-state index >= 15 is 0 Å². The minimum absolute atomic E-state index is 0.0220. The maximum absolute atomic E-state index is 13.0. The van der Waals surface area contributed by atoms with Crippen molar-refractivity contribution in [1.29, 1.82) is 0 Å². The highest BCUT2D eigenvalue weighted by Crippen LogP contribution is 2.48. The van der Waals surface area contributed by atoms with Crippen LogP contribution < -0.4 is 14.4 Å². The first-order valence-electron chi connectivity index (χ1n) is 11.5. The molecular formula is C26H30F2N2O3. The molecule has 0 spiro atoms. The second-order valence-electron chi connectivity index (χ2n) is 8.88. The smallest absolute Gasteiger partial charge is 0.255 e. The van der Waals surface area contributed by atoms with Gasteiger partial charge in [0.2, 0.25) is 0 Å². The topological polar surface area (TPSA) is 51.7 Å². The number of halogens is 2. The van der Waals surface area contributed by atoms with Crippen LogP contribution in [-0.4, -0.2) is 42.5 Å². The third-order valence-corrected chi connectivity index (χ3v) is 6.36. The van der Waals surface area contributed by atoms with Gasteiger partial charge in [0, 0.05) is 31.7 Å². The fourth-order valence-electron chi connectivity index (χ4n) is 4.00. The zero-order valence-electron chi connectivity index (χ0n) is 18.9. The van der Waals surface area contributed by atoms with Gasteiger partial charge in [0.15, 0.2) is 0 Å². The quantitative estimate of drug-likeness (QED) is 0.423. The summed E-state index contributed by atoms with van der Waals surface area (Å²) in [6.45, 7) is 7.15. The number of benzene rings is 1. The summed E-state index contributed by atoms with van der Waals surface area (Å²) in [5, 5.41) is 0. The van der Waals surface area contributed by atoms with Crippen LogP contribution in [-0.2, 0) is 4.79 Å². The van der Waals surface area contributed by atoms with Crippen LogP contribution in [0.2, 0.25) is 0 Å². The molecular weight excluding hydrogens is 426 g/mol. The van der Waals surface area contributed by atoms with E-state index in [1.54, 1.807) is 18.3 Å². The normalized spacial score (nSPS) is 22.0. The lowest BCUT2D eigenvalue weighted by molar-refractivity contribution is -0.120. The molecule has 5 nitrogen and oxygen atoms in total.